The van der Waals surface area contributed by atoms with Gasteiger partial charge in [0.15, 0.2) is 0 Å². The highest BCUT2D eigenvalue weighted by atomic mass is 16.1. The predicted molar refractivity (Wildman–Crippen MR) is 65.7 cm³/mol. The van der Waals surface area contributed by atoms with Gasteiger partial charge in [0, 0.05) is 12.5 Å². The second-order valence-electron chi connectivity index (χ2n) is 4.96. The van der Waals surface area contributed by atoms with Crippen molar-refractivity contribution in [3.05, 3.63) is 0 Å². The molecule has 0 aliphatic carbocycles. The van der Waals surface area contributed by atoms with Crippen LogP contribution in [-0.4, -0.2) is 12.5 Å². The van der Waals surface area contributed by atoms with Gasteiger partial charge in [-0.1, -0.05) is 47.5 Å². The highest BCUT2D eigenvalue weighted by Gasteiger charge is 2.14. The van der Waals surface area contributed by atoms with Crippen molar-refractivity contribution in [3.63, 3.8) is 0 Å². The highest BCUT2D eigenvalue weighted by Crippen LogP contribution is 2.11. The molecular formula is C13H27NO. The van der Waals surface area contributed by atoms with Gasteiger partial charge in [-0.3, -0.25) is 4.79 Å². The summed E-state index contributed by atoms with van der Waals surface area (Å²) in [5, 5.41) is 3.05. The molecule has 1 atom stereocenters. The zero-order valence-electron chi connectivity index (χ0n) is 11.0. The molecule has 0 rings (SSSR count). The van der Waals surface area contributed by atoms with E-state index in [2.05, 4.69) is 33.0 Å². The lowest BCUT2D eigenvalue weighted by atomic mass is 9.97. The van der Waals surface area contributed by atoms with E-state index in [4.69, 9.17) is 0 Å². The molecular weight excluding hydrogens is 186 g/mol. The van der Waals surface area contributed by atoms with Crippen LogP contribution in [0.5, 0.6) is 0 Å². The molecule has 2 heteroatoms. The first-order chi connectivity index (χ1) is 7.01. The zero-order valence-corrected chi connectivity index (χ0v) is 11.0. The van der Waals surface area contributed by atoms with E-state index in [1.807, 2.05) is 6.92 Å². The Bertz CT molecular complexity index is 173. The van der Waals surface area contributed by atoms with Crippen LogP contribution in [0.1, 0.15) is 53.9 Å². The smallest absolute Gasteiger partial charge is 0.222 e. The fraction of sp³-hybridized carbons (Fsp3) is 0.923. The van der Waals surface area contributed by atoms with Gasteiger partial charge in [-0.15, -0.1) is 0 Å². The quantitative estimate of drug-likeness (QED) is 0.691. The number of amides is 1. The summed E-state index contributed by atoms with van der Waals surface area (Å²) in [6.45, 7) is 11.5. The molecule has 0 bridgehead atoms. The SMILES string of the molecule is CCC(CC)CNC(=O)C(C)CC(C)C. The molecule has 1 amide bonds. The number of hydrogen-bond donors (Lipinski definition) is 1. The average molecular weight is 213 g/mol. The van der Waals surface area contributed by atoms with Gasteiger partial charge in [-0.2, -0.15) is 0 Å². The van der Waals surface area contributed by atoms with E-state index >= 15 is 0 Å². The minimum absolute atomic E-state index is 0.152. The van der Waals surface area contributed by atoms with Crippen molar-refractivity contribution < 1.29 is 4.79 Å². The summed E-state index contributed by atoms with van der Waals surface area (Å²) in [5.74, 6) is 1.61. The van der Waals surface area contributed by atoms with Crippen molar-refractivity contribution in [2.45, 2.75) is 53.9 Å². The van der Waals surface area contributed by atoms with Gasteiger partial charge in [-0.25, -0.2) is 0 Å². The van der Waals surface area contributed by atoms with Crippen LogP contribution in [0, 0.1) is 17.8 Å². The predicted octanol–water partition coefficient (Wildman–Crippen LogP) is 3.22. The minimum atomic E-state index is 0.152. The van der Waals surface area contributed by atoms with E-state index in [-0.39, 0.29) is 11.8 Å². The maximum Gasteiger partial charge on any atom is 0.222 e. The fourth-order valence-corrected chi connectivity index (χ4v) is 1.81. The first kappa shape index (κ1) is 14.5. The summed E-state index contributed by atoms with van der Waals surface area (Å²) in [6.07, 6.45) is 3.28. The van der Waals surface area contributed by atoms with Gasteiger partial charge in [0.1, 0.15) is 0 Å². The molecule has 1 unspecified atom stereocenters. The summed E-state index contributed by atoms with van der Waals surface area (Å²) in [5.41, 5.74) is 0. The zero-order chi connectivity index (χ0) is 11.8. The molecule has 0 aliphatic heterocycles. The molecule has 0 spiro atoms. The van der Waals surface area contributed by atoms with Crippen LogP contribution in [0.3, 0.4) is 0 Å². The molecule has 0 saturated carbocycles. The van der Waals surface area contributed by atoms with E-state index in [0.29, 0.717) is 11.8 Å². The van der Waals surface area contributed by atoms with Crippen molar-refractivity contribution in [2.75, 3.05) is 6.54 Å². The Morgan fingerprint density at radius 1 is 1.13 bits per heavy atom. The van der Waals surface area contributed by atoms with Crippen LogP contribution in [0.15, 0.2) is 0 Å². The Morgan fingerprint density at radius 3 is 2.07 bits per heavy atom. The molecule has 0 aliphatic rings. The Morgan fingerprint density at radius 2 is 1.67 bits per heavy atom. The van der Waals surface area contributed by atoms with Crippen LogP contribution in [0.25, 0.3) is 0 Å². The van der Waals surface area contributed by atoms with E-state index in [0.717, 1.165) is 25.8 Å². The second-order valence-corrected chi connectivity index (χ2v) is 4.96. The molecule has 15 heavy (non-hydrogen) atoms. The summed E-state index contributed by atoms with van der Waals surface area (Å²) in [7, 11) is 0. The second kappa shape index (κ2) is 7.72. The van der Waals surface area contributed by atoms with Crippen molar-refractivity contribution >= 4 is 5.91 Å². The summed E-state index contributed by atoms with van der Waals surface area (Å²) in [6, 6.07) is 0. The lowest BCUT2D eigenvalue weighted by Crippen LogP contribution is -2.33. The van der Waals surface area contributed by atoms with Gasteiger partial charge in [-0.05, 0) is 18.3 Å². The normalized spacial score (nSPS) is 13.3. The number of hydrogen-bond acceptors (Lipinski definition) is 1. The van der Waals surface area contributed by atoms with E-state index < -0.39 is 0 Å². The highest BCUT2D eigenvalue weighted by molar-refractivity contribution is 5.78. The maximum atomic E-state index is 11.7. The Kier molecular flexibility index (Phi) is 7.45. The molecule has 0 aromatic heterocycles. The molecule has 0 radical (unpaired) electrons. The van der Waals surface area contributed by atoms with Crippen LogP contribution in [-0.2, 0) is 4.79 Å². The van der Waals surface area contributed by atoms with Gasteiger partial charge < -0.3 is 5.32 Å². The van der Waals surface area contributed by atoms with Crippen LogP contribution in [0.4, 0.5) is 0 Å². The van der Waals surface area contributed by atoms with Crippen molar-refractivity contribution in [1.29, 1.82) is 0 Å². The number of rotatable bonds is 7. The molecule has 0 saturated heterocycles. The monoisotopic (exact) mass is 213 g/mol. The van der Waals surface area contributed by atoms with E-state index in [1.165, 1.54) is 0 Å². The summed E-state index contributed by atoms with van der Waals surface area (Å²) < 4.78 is 0. The Labute approximate surface area is 94.8 Å². The first-order valence-corrected chi connectivity index (χ1v) is 6.28. The molecule has 90 valence electrons. The van der Waals surface area contributed by atoms with Gasteiger partial charge in [0.25, 0.3) is 0 Å². The molecule has 0 heterocycles. The Balaban J connectivity index is 3.81. The van der Waals surface area contributed by atoms with Crippen molar-refractivity contribution in [2.24, 2.45) is 17.8 Å². The molecule has 1 N–H and O–H groups in total. The first-order valence-electron chi connectivity index (χ1n) is 6.28. The van der Waals surface area contributed by atoms with E-state index in [1.54, 1.807) is 0 Å². The van der Waals surface area contributed by atoms with Crippen LogP contribution < -0.4 is 5.32 Å². The topological polar surface area (TPSA) is 29.1 Å². The minimum Gasteiger partial charge on any atom is -0.356 e. The standard InChI is InChI=1S/C13H27NO/c1-6-12(7-2)9-14-13(15)11(5)8-10(3)4/h10-12H,6-9H2,1-5H3,(H,14,15). The van der Waals surface area contributed by atoms with Crippen LogP contribution >= 0.6 is 0 Å². The van der Waals surface area contributed by atoms with Gasteiger partial charge in [0.2, 0.25) is 5.91 Å². The largest absolute Gasteiger partial charge is 0.356 e. The molecule has 0 aromatic carbocycles. The average Bonchev–Trinajstić information content (AvgIpc) is 2.18. The third-order valence-electron chi connectivity index (χ3n) is 2.99. The maximum absolute atomic E-state index is 11.7. The van der Waals surface area contributed by atoms with Gasteiger partial charge in [0.05, 0.1) is 0 Å². The molecule has 0 fully saturated rings. The Hall–Kier alpha value is -0.530. The third-order valence-corrected chi connectivity index (χ3v) is 2.99. The van der Waals surface area contributed by atoms with Crippen molar-refractivity contribution in [3.8, 4) is 0 Å². The number of carbonyl (C=O) groups is 1. The number of carbonyl (C=O) groups excluding carboxylic acids is 1. The lowest BCUT2D eigenvalue weighted by Gasteiger charge is -2.17. The molecule has 0 aromatic rings. The van der Waals surface area contributed by atoms with Gasteiger partial charge >= 0.3 is 0 Å². The third kappa shape index (κ3) is 6.53. The molecule has 2 nitrogen and oxygen atoms in total. The summed E-state index contributed by atoms with van der Waals surface area (Å²) >= 11 is 0. The fourth-order valence-electron chi connectivity index (χ4n) is 1.81. The lowest BCUT2D eigenvalue weighted by molar-refractivity contribution is -0.125. The summed E-state index contributed by atoms with van der Waals surface area (Å²) in [4.78, 5) is 11.7. The van der Waals surface area contributed by atoms with Crippen LogP contribution in [0.2, 0.25) is 0 Å². The van der Waals surface area contributed by atoms with E-state index in [9.17, 15) is 4.79 Å². The van der Waals surface area contributed by atoms with Crippen molar-refractivity contribution in [1.82, 2.24) is 5.32 Å². The number of nitrogens with one attached hydrogen (secondary N) is 1.